The summed E-state index contributed by atoms with van der Waals surface area (Å²) >= 11 is 1.65. The Kier molecular flexibility index (Phi) is 8.36. The van der Waals surface area contributed by atoms with E-state index in [0.717, 1.165) is 60.3 Å². The Morgan fingerprint density at radius 3 is 2.41 bits per heavy atom. The van der Waals surface area contributed by atoms with E-state index >= 15 is 0 Å². The summed E-state index contributed by atoms with van der Waals surface area (Å²) in [6, 6.07) is 26.0. The van der Waals surface area contributed by atoms with E-state index in [1.54, 1.807) is 17.8 Å². The lowest BCUT2D eigenvalue weighted by atomic mass is 10.0. The molecule has 2 aliphatic rings. The Hall–Kier alpha value is -3.19. The number of rotatable bonds is 7. The Bertz CT molecular complexity index is 1370. The zero-order valence-corrected chi connectivity index (χ0v) is 23.8. The molecule has 1 saturated heterocycles. The number of benzene rings is 3. The van der Waals surface area contributed by atoms with Crippen molar-refractivity contribution in [3.8, 4) is 0 Å². The van der Waals surface area contributed by atoms with Gasteiger partial charge in [0.15, 0.2) is 0 Å². The molecule has 1 fully saturated rings. The number of carbonyl (C=O) groups is 1. The van der Waals surface area contributed by atoms with Crippen molar-refractivity contribution < 1.29 is 9.18 Å². The molecule has 0 saturated carbocycles. The van der Waals surface area contributed by atoms with Gasteiger partial charge in [-0.15, -0.1) is 11.8 Å². The van der Waals surface area contributed by atoms with Crippen LogP contribution in [0.2, 0.25) is 0 Å². The number of halogens is 1. The molecule has 0 radical (unpaired) electrons. The molecule has 0 aromatic heterocycles. The van der Waals surface area contributed by atoms with Crippen LogP contribution in [0.25, 0.3) is 0 Å². The second-order valence-electron chi connectivity index (χ2n) is 10.7. The molecule has 2 heterocycles. The van der Waals surface area contributed by atoms with E-state index < -0.39 is 0 Å². The highest BCUT2D eigenvalue weighted by Gasteiger charge is 2.44. The summed E-state index contributed by atoms with van der Waals surface area (Å²) in [4.78, 5) is 20.2. The van der Waals surface area contributed by atoms with Gasteiger partial charge in [-0.25, -0.2) is 13.7 Å². The van der Waals surface area contributed by atoms with Gasteiger partial charge < -0.3 is 4.90 Å². The molecule has 39 heavy (non-hydrogen) atoms. The monoisotopic (exact) mass is 542 g/mol. The zero-order chi connectivity index (χ0) is 27.4. The van der Waals surface area contributed by atoms with Crippen LogP contribution >= 0.6 is 11.8 Å². The van der Waals surface area contributed by atoms with Crippen LogP contribution in [0.4, 0.5) is 10.1 Å². The second kappa shape index (κ2) is 11.9. The molecule has 2 atom stereocenters. The number of hydrogen-bond donors (Lipinski definition) is 0. The molecule has 2 aliphatic heterocycles. The maximum atomic E-state index is 14.6. The molecule has 0 bridgehead atoms. The molecule has 3 aromatic carbocycles. The Balaban J connectivity index is 1.48. The molecular weight excluding hydrogens is 505 g/mol. The molecule has 202 valence electrons. The third kappa shape index (κ3) is 5.88. The Labute approximate surface area is 236 Å². The Morgan fingerprint density at radius 1 is 0.974 bits per heavy atom. The van der Waals surface area contributed by atoms with E-state index in [-0.39, 0.29) is 22.2 Å². The fraction of sp³-hybridized carbons (Fsp3) is 0.303. The summed E-state index contributed by atoms with van der Waals surface area (Å²) in [5.74, 6) is 0.704. The van der Waals surface area contributed by atoms with Gasteiger partial charge in [-0.2, -0.15) is 0 Å². The minimum atomic E-state index is -0.168. The molecule has 0 spiro atoms. The van der Waals surface area contributed by atoms with E-state index in [1.807, 2.05) is 55.5 Å². The van der Waals surface area contributed by atoms with Gasteiger partial charge in [-0.1, -0.05) is 66.7 Å². The average molecular weight is 543 g/mol. The first-order valence-electron chi connectivity index (χ1n) is 13.6. The summed E-state index contributed by atoms with van der Waals surface area (Å²) < 4.78 is 14.0. The van der Waals surface area contributed by atoms with E-state index in [9.17, 15) is 9.18 Å². The first-order valence-corrected chi connectivity index (χ1v) is 14.6. The first kappa shape index (κ1) is 27.4. The lowest BCUT2D eigenvalue weighted by molar-refractivity contribution is -0.126. The van der Waals surface area contributed by atoms with Crippen LogP contribution in [0.5, 0.6) is 0 Å². The molecule has 0 aliphatic carbocycles. The van der Waals surface area contributed by atoms with Crippen LogP contribution in [0.1, 0.15) is 30.0 Å². The Morgan fingerprint density at radius 2 is 1.69 bits per heavy atom. The van der Waals surface area contributed by atoms with Crippen LogP contribution in [-0.4, -0.2) is 48.6 Å². The minimum Gasteiger partial charge on any atom is -0.356 e. The molecule has 6 heteroatoms. The topological polar surface area (TPSA) is 23.6 Å². The number of likely N-dealkylation sites (N-methyl/N-ethyl adjacent to an activating group) is 1. The van der Waals surface area contributed by atoms with Crippen molar-refractivity contribution >= 4 is 23.4 Å². The molecule has 3 aromatic rings. The summed E-state index contributed by atoms with van der Waals surface area (Å²) in [6.45, 7) is 7.19. The number of quaternary nitrogens is 1. The minimum absolute atomic E-state index is 0.0989. The van der Waals surface area contributed by atoms with E-state index in [1.165, 1.54) is 5.56 Å². The molecule has 1 amide bonds. The third-order valence-corrected chi connectivity index (χ3v) is 9.18. The molecule has 5 rings (SSSR count). The van der Waals surface area contributed by atoms with Crippen LogP contribution in [0.15, 0.2) is 102 Å². The summed E-state index contributed by atoms with van der Waals surface area (Å²) in [7, 11) is 2.06. The molecule has 4 nitrogen and oxygen atoms in total. The number of hydrogen-bond acceptors (Lipinski definition) is 4. The predicted molar refractivity (Wildman–Crippen MR) is 160 cm³/mol. The number of allylic oxidation sites excluding steroid dienone is 1. The molecule has 2 unspecified atom stereocenters. The quantitative estimate of drug-likeness (QED) is 0.304. The van der Waals surface area contributed by atoms with Crippen LogP contribution < -0.4 is 4.48 Å². The normalized spacial score (nSPS) is 25.0. The van der Waals surface area contributed by atoms with Gasteiger partial charge >= 0.3 is 5.91 Å². The molecular formula is C33H37FN3OS+. The fourth-order valence-electron chi connectivity index (χ4n) is 5.44. The van der Waals surface area contributed by atoms with Gasteiger partial charge in [0.25, 0.3) is 0 Å². The lowest BCUT2D eigenvalue weighted by Gasteiger charge is -2.39. The lowest BCUT2D eigenvalue weighted by Crippen LogP contribution is -2.57. The largest absolute Gasteiger partial charge is 0.359 e. The van der Waals surface area contributed by atoms with Gasteiger partial charge in [0, 0.05) is 31.8 Å². The third-order valence-electron chi connectivity index (χ3n) is 8.03. The smallest absolute Gasteiger partial charge is 0.356 e. The highest BCUT2D eigenvalue weighted by Crippen LogP contribution is 2.37. The number of carbonyl (C=O) groups excluding carboxylic acids is 1. The van der Waals surface area contributed by atoms with E-state index in [0.29, 0.717) is 5.56 Å². The maximum absolute atomic E-state index is 14.6. The SMILES string of the molecule is Cc1cc(CN2CCN(C3=C(\SCc4ccccc4)C(=O)[N+](C)(c4ccccc4)C(C)C\C=C\3)C2)ccc1F. The fourth-order valence-corrected chi connectivity index (χ4v) is 6.60. The highest BCUT2D eigenvalue weighted by molar-refractivity contribution is 8.03. The van der Waals surface area contributed by atoms with Crippen molar-refractivity contribution in [2.45, 2.75) is 38.6 Å². The van der Waals surface area contributed by atoms with Crippen molar-refractivity contribution in [1.29, 1.82) is 0 Å². The maximum Gasteiger partial charge on any atom is 0.359 e. The van der Waals surface area contributed by atoms with E-state index in [2.05, 4.69) is 60.2 Å². The van der Waals surface area contributed by atoms with Crippen molar-refractivity contribution in [1.82, 2.24) is 14.3 Å². The number of amides is 1. The van der Waals surface area contributed by atoms with Crippen molar-refractivity contribution in [3.63, 3.8) is 0 Å². The summed E-state index contributed by atoms with van der Waals surface area (Å²) in [5, 5.41) is 0. The van der Waals surface area contributed by atoms with Crippen LogP contribution in [-0.2, 0) is 17.1 Å². The highest BCUT2D eigenvalue weighted by atomic mass is 32.2. The average Bonchev–Trinajstić information content (AvgIpc) is 3.42. The van der Waals surface area contributed by atoms with Crippen molar-refractivity contribution in [2.24, 2.45) is 0 Å². The van der Waals surface area contributed by atoms with Gasteiger partial charge in [0.1, 0.15) is 22.5 Å². The van der Waals surface area contributed by atoms with Crippen molar-refractivity contribution in [3.05, 3.63) is 124 Å². The number of nitrogens with zero attached hydrogens (tertiary/aromatic N) is 3. The first-order chi connectivity index (χ1) is 18.9. The summed E-state index contributed by atoms with van der Waals surface area (Å²) in [6.07, 6.45) is 5.21. The number of para-hydroxylation sites is 1. The molecule has 0 N–H and O–H groups in total. The van der Waals surface area contributed by atoms with Crippen LogP contribution in [0.3, 0.4) is 0 Å². The second-order valence-corrected chi connectivity index (χ2v) is 11.7. The van der Waals surface area contributed by atoms with E-state index in [4.69, 9.17) is 0 Å². The summed E-state index contributed by atoms with van der Waals surface area (Å²) in [5.41, 5.74) is 4.99. The van der Waals surface area contributed by atoms with Gasteiger partial charge in [0.2, 0.25) is 0 Å². The zero-order valence-electron chi connectivity index (χ0n) is 23.0. The van der Waals surface area contributed by atoms with Gasteiger partial charge in [-0.05, 0) is 54.8 Å². The predicted octanol–water partition coefficient (Wildman–Crippen LogP) is 6.87. The van der Waals surface area contributed by atoms with Gasteiger partial charge in [0.05, 0.1) is 19.4 Å². The standard InChI is InChI=1S/C33H37FN3OS/c1-25-21-28(17-18-30(25)34)22-35-19-20-36(24-35)31-16-10-11-26(2)37(3,29-14-8-5-9-15-29)33(38)32(31)39-23-27-12-6-4-7-13-27/h4-10,12-18,21,26H,11,19-20,22-24H2,1-3H3/q+1/b16-10+,32-31-. The van der Waals surface area contributed by atoms with Crippen LogP contribution in [0, 0.1) is 12.7 Å². The van der Waals surface area contributed by atoms with Crippen molar-refractivity contribution in [2.75, 3.05) is 26.8 Å². The number of thioether (sulfide) groups is 1. The van der Waals surface area contributed by atoms with Gasteiger partial charge in [-0.3, -0.25) is 4.90 Å². The number of aryl methyl sites for hydroxylation is 1.